The molecule has 1 aliphatic rings. The van der Waals surface area contributed by atoms with Gasteiger partial charge >= 0.3 is 0 Å². The molecule has 2 heterocycles. The highest BCUT2D eigenvalue weighted by atomic mass is 79.9. The number of halogens is 1. The normalized spacial score (nSPS) is 19.9. The van der Waals surface area contributed by atoms with E-state index in [-0.39, 0.29) is 6.04 Å². The van der Waals surface area contributed by atoms with Gasteiger partial charge in [-0.1, -0.05) is 33.2 Å². The summed E-state index contributed by atoms with van der Waals surface area (Å²) in [6.45, 7) is 4.90. The van der Waals surface area contributed by atoms with Crippen molar-refractivity contribution in [1.29, 1.82) is 0 Å². The number of benzene rings is 1. The highest BCUT2D eigenvalue weighted by Gasteiger charge is 2.24. The summed E-state index contributed by atoms with van der Waals surface area (Å²) >= 11 is 3.56. The van der Waals surface area contributed by atoms with Crippen molar-refractivity contribution in [2.75, 3.05) is 26.7 Å². The highest BCUT2D eigenvalue weighted by molar-refractivity contribution is 9.10. The van der Waals surface area contributed by atoms with Crippen LogP contribution in [0, 0.1) is 6.92 Å². The zero-order valence-electron chi connectivity index (χ0n) is 12.7. The predicted molar refractivity (Wildman–Crippen MR) is 90.3 cm³/mol. The monoisotopic (exact) mass is 362 g/mol. The molecule has 1 aromatic heterocycles. The second kappa shape index (κ2) is 6.73. The molecule has 0 radical (unpaired) electrons. The van der Waals surface area contributed by atoms with E-state index in [4.69, 9.17) is 4.52 Å². The van der Waals surface area contributed by atoms with E-state index in [1.54, 1.807) is 0 Å². The topological polar surface area (TPSA) is 54.2 Å². The summed E-state index contributed by atoms with van der Waals surface area (Å²) in [6, 6.07) is 6.39. The molecule has 0 spiro atoms. The summed E-state index contributed by atoms with van der Waals surface area (Å²) in [6.07, 6.45) is 3.83. The first-order valence-corrected chi connectivity index (χ1v) is 8.11. The van der Waals surface area contributed by atoms with Gasteiger partial charge < -0.3 is 9.84 Å². The molecule has 0 amide bonds. The number of nitrogens with one attached hydrogen (secondary N) is 1. The largest absolute Gasteiger partial charge is 0.335 e. The molecule has 22 heavy (non-hydrogen) atoms. The van der Waals surface area contributed by atoms with Crippen molar-refractivity contribution in [1.82, 2.24) is 20.4 Å². The van der Waals surface area contributed by atoms with Gasteiger partial charge in [0.05, 0.1) is 6.04 Å². The summed E-state index contributed by atoms with van der Waals surface area (Å²) in [7, 11) is 2.08. The van der Waals surface area contributed by atoms with Gasteiger partial charge in [-0.05, 0) is 37.2 Å². The smallest absolute Gasteiger partial charge is 0.250 e. The minimum absolute atomic E-state index is 0.172. The number of hydrogen-bond donors (Lipinski definition) is 1. The van der Waals surface area contributed by atoms with E-state index in [2.05, 4.69) is 68.5 Å². The van der Waals surface area contributed by atoms with E-state index in [1.807, 2.05) is 12.2 Å². The van der Waals surface area contributed by atoms with Gasteiger partial charge in [0.25, 0.3) is 5.89 Å². The van der Waals surface area contributed by atoms with E-state index < -0.39 is 0 Å². The van der Waals surface area contributed by atoms with Gasteiger partial charge in [-0.25, -0.2) is 0 Å². The third-order valence-corrected chi connectivity index (χ3v) is 4.51. The summed E-state index contributed by atoms with van der Waals surface area (Å²) in [5.41, 5.74) is 2.30. The Hall–Kier alpha value is -1.50. The van der Waals surface area contributed by atoms with Gasteiger partial charge in [0.2, 0.25) is 0 Å². The van der Waals surface area contributed by atoms with Gasteiger partial charge in [-0.15, -0.1) is 0 Å². The SMILES string of the molecule is Cc1ccc(/C=C/c2nc(C3CNCCN3C)no2)c(Br)c1. The molecule has 2 aromatic rings. The number of aryl methyl sites for hydroxylation is 1. The molecular weight excluding hydrogens is 344 g/mol. The maximum atomic E-state index is 5.33. The molecule has 1 aromatic carbocycles. The molecule has 3 rings (SSSR count). The molecule has 5 nitrogen and oxygen atoms in total. The molecule has 0 aliphatic carbocycles. The third kappa shape index (κ3) is 3.45. The maximum absolute atomic E-state index is 5.33. The second-order valence-electron chi connectivity index (χ2n) is 5.55. The van der Waals surface area contributed by atoms with Crippen molar-refractivity contribution in [3.63, 3.8) is 0 Å². The van der Waals surface area contributed by atoms with Crippen molar-refractivity contribution >= 4 is 28.1 Å². The molecule has 6 heteroatoms. The zero-order chi connectivity index (χ0) is 15.5. The van der Waals surface area contributed by atoms with Crippen LogP contribution in [0.5, 0.6) is 0 Å². The molecule has 0 saturated carbocycles. The highest BCUT2D eigenvalue weighted by Crippen LogP contribution is 2.21. The van der Waals surface area contributed by atoms with Crippen LogP contribution < -0.4 is 5.32 Å². The molecule has 1 fully saturated rings. The summed E-state index contributed by atoms with van der Waals surface area (Å²) in [5.74, 6) is 1.26. The molecular formula is C16H19BrN4O. The van der Waals surface area contributed by atoms with Crippen molar-refractivity contribution in [2.24, 2.45) is 0 Å². The van der Waals surface area contributed by atoms with E-state index in [1.165, 1.54) is 5.56 Å². The molecule has 116 valence electrons. The Balaban J connectivity index is 1.75. The standard InChI is InChI=1S/C16H19BrN4O/c1-11-3-4-12(13(17)9-11)5-6-15-19-16(20-22-15)14-10-18-7-8-21(14)2/h3-6,9,14,18H,7-8,10H2,1-2H3/b6-5+. The van der Waals surface area contributed by atoms with Crippen molar-refractivity contribution in [3.05, 3.63) is 45.5 Å². The quantitative estimate of drug-likeness (QED) is 0.909. The average Bonchev–Trinajstić information content (AvgIpc) is 2.95. The lowest BCUT2D eigenvalue weighted by atomic mass is 10.1. The molecule has 1 aliphatic heterocycles. The lowest BCUT2D eigenvalue weighted by Crippen LogP contribution is -2.44. The van der Waals surface area contributed by atoms with Gasteiger partial charge in [-0.2, -0.15) is 4.98 Å². The fourth-order valence-electron chi connectivity index (χ4n) is 2.47. The Bertz CT molecular complexity index is 683. The molecule has 0 bridgehead atoms. The van der Waals surface area contributed by atoms with Crippen LogP contribution in [0.1, 0.15) is 28.9 Å². The van der Waals surface area contributed by atoms with Gasteiger partial charge in [-0.3, -0.25) is 4.90 Å². The molecule has 1 unspecified atom stereocenters. The lowest BCUT2D eigenvalue weighted by Gasteiger charge is -2.30. The summed E-state index contributed by atoms with van der Waals surface area (Å²) in [5, 5.41) is 7.46. The Labute approximate surface area is 138 Å². The summed E-state index contributed by atoms with van der Waals surface area (Å²) in [4.78, 5) is 6.73. The van der Waals surface area contributed by atoms with Crippen molar-refractivity contribution < 1.29 is 4.52 Å². The third-order valence-electron chi connectivity index (χ3n) is 3.83. The maximum Gasteiger partial charge on any atom is 0.250 e. The van der Waals surface area contributed by atoms with Crippen LogP contribution in [0.3, 0.4) is 0 Å². The van der Waals surface area contributed by atoms with E-state index >= 15 is 0 Å². The number of nitrogens with zero attached hydrogens (tertiary/aromatic N) is 3. The number of hydrogen-bond acceptors (Lipinski definition) is 5. The first-order valence-electron chi connectivity index (χ1n) is 7.32. The predicted octanol–water partition coefficient (Wildman–Crippen LogP) is 2.89. The number of piperazine rings is 1. The minimum atomic E-state index is 0.172. The Morgan fingerprint density at radius 3 is 3.05 bits per heavy atom. The van der Waals surface area contributed by atoms with E-state index in [0.29, 0.717) is 5.89 Å². The fraction of sp³-hybridized carbons (Fsp3) is 0.375. The van der Waals surface area contributed by atoms with Gasteiger partial charge in [0, 0.05) is 30.2 Å². The van der Waals surface area contributed by atoms with Crippen LogP contribution in [-0.4, -0.2) is 41.7 Å². The van der Waals surface area contributed by atoms with Crippen LogP contribution in [0.25, 0.3) is 12.2 Å². The lowest BCUT2D eigenvalue weighted by molar-refractivity contribution is 0.190. The summed E-state index contributed by atoms with van der Waals surface area (Å²) < 4.78 is 6.39. The number of rotatable bonds is 3. The number of likely N-dealkylation sites (N-methyl/N-ethyl adjacent to an activating group) is 1. The second-order valence-corrected chi connectivity index (χ2v) is 6.40. The minimum Gasteiger partial charge on any atom is -0.335 e. The van der Waals surface area contributed by atoms with Crippen LogP contribution in [0.2, 0.25) is 0 Å². The van der Waals surface area contributed by atoms with E-state index in [9.17, 15) is 0 Å². The van der Waals surface area contributed by atoms with Crippen molar-refractivity contribution in [2.45, 2.75) is 13.0 Å². The van der Waals surface area contributed by atoms with Crippen molar-refractivity contribution in [3.8, 4) is 0 Å². The van der Waals surface area contributed by atoms with Crippen LogP contribution in [-0.2, 0) is 0 Å². The Morgan fingerprint density at radius 1 is 1.41 bits per heavy atom. The van der Waals surface area contributed by atoms with Crippen LogP contribution in [0.15, 0.2) is 27.2 Å². The Morgan fingerprint density at radius 2 is 2.27 bits per heavy atom. The van der Waals surface area contributed by atoms with Gasteiger partial charge in [0.1, 0.15) is 0 Å². The first kappa shape index (κ1) is 15.4. The molecule has 1 saturated heterocycles. The Kier molecular flexibility index (Phi) is 4.71. The molecule has 1 atom stereocenters. The van der Waals surface area contributed by atoms with E-state index in [0.717, 1.165) is 35.5 Å². The van der Waals surface area contributed by atoms with Gasteiger partial charge in [0.15, 0.2) is 5.82 Å². The van der Waals surface area contributed by atoms with Crippen LogP contribution in [0.4, 0.5) is 0 Å². The first-order chi connectivity index (χ1) is 10.6. The average molecular weight is 363 g/mol. The zero-order valence-corrected chi connectivity index (χ0v) is 14.3. The molecule has 1 N–H and O–H groups in total. The number of aromatic nitrogens is 2. The van der Waals surface area contributed by atoms with Crippen LogP contribution >= 0.6 is 15.9 Å². The fourth-order valence-corrected chi connectivity index (χ4v) is 3.10.